The van der Waals surface area contributed by atoms with Gasteiger partial charge in [0.05, 0.1) is 5.52 Å². The Morgan fingerprint density at radius 3 is 2.56 bits per heavy atom. The number of aromatic nitrogens is 1. The molecule has 0 atom stereocenters. The topological polar surface area (TPSA) is 53.5 Å². The number of rotatable bonds is 4. The first-order valence-electron chi connectivity index (χ1n) is 8.23. The zero-order valence-electron chi connectivity index (χ0n) is 13.7. The number of sulfonamides is 1. The van der Waals surface area contributed by atoms with Crippen LogP contribution >= 0.6 is 11.3 Å². The second-order valence-corrected chi connectivity index (χ2v) is 9.22. The van der Waals surface area contributed by atoms with Gasteiger partial charge in [0.25, 0.3) is 10.0 Å². The number of nitrogens with zero attached hydrogens (tertiary/aromatic N) is 3. The Bertz CT molecular complexity index is 958. The van der Waals surface area contributed by atoms with E-state index in [0.717, 1.165) is 30.5 Å². The molecule has 0 unspecified atom stereocenters. The summed E-state index contributed by atoms with van der Waals surface area (Å²) in [7, 11) is -3.34. The zero-order chi connectivity index (χ0) is 17.3. The largest absolute Gasteiger partial charge is 0.296 e. The van der Waals surface area contributed by atoms with E-state index in [9.17, 15) is 8.42 Å². The summed E-state index contributed by atoms with van der Waals surface area (Å²) < 4.78 is 27.2. The molecule has 3 heterocycles. The number of hydrogen-bond acceptors (Lipinski definition) is 5. The molecule has 1 fully saturated rings. The van der Waals surface area contributed by atoms with Crippen LogP contribution in [-0.4, -0.2) is 48.8 Å². The van der Waals surface area contributed by atoms with Crippen molar-refractivity contribution < 1.29 is 8.42 Å². The van der Waals surface area contributed by atoms with E-state index in [1.54, 1.807) is 21.8 Å². The van der Waals surface area contributed by atoms with Gasteiger partial charge in [0.15, 0.2) is 0 Å². The fourth-order valence-corrected chi connectivity index (χ4v) is 5.77. The average molecular weight is 374 g/mol. The molecule has 1 aliphatic heterocycles. The van der Waals surface area contributed by atoms with E-state index in [0.29, 0.717) is 17.3 Å². The SMILES string of the molecule is O=S(=O)(c1cccs1)N1CCN(Cc2cccc3cccnc23)CC1. The number of thiophene rings is 1. The lowest BCUT2D eigenvalue weighted by atomic mass is 10.1. The minimum atomic E-state index is -3.34. The van der Waals surface area contributed by atoms with Crippen molar-refractivity contribution in [3.05, 3.63) is 59.6 Å². The van der Waals surface area contributed by atoms with Gasteiger partial charge in [-0.3, -0.25) is 9.88 Å². The van der Waals surface area contributed by atoms with Crippen molar-refractivity contribution >= 4 is 32.3 Å². The third kappa shape index (κ3) is 3.32. The van der Waals surface area contributed by atoms with Crippen molar-refractivity contribution in [2.45, 2.75) is 10.8 Å². The molecule has 0 bridgehead atoms. The highest BCUT2D eigenvalue weighted by molar-refractivity contribution is 7.91. The van der Waals surface area contributed by atoms with Crippen LogP contribution in [0, 0.1) is 0 Å². The monoisotopic (exact) mass is 373 g/mol. The lowest BCUT2D eigenvalue weighted by molar-refractivity contribution is 0.182. The first kappa shape index (κ1) is 16.7. The molecule has 25 heavy (non-hydrogen) atoms. The van der Waals surface area contributed by atoms with Crippen molar-refractivity contribution in [3.8, 4) is 0 Å². The van der Waals surface area contributed by atoms with Gasteiger partial charge in [-0.1, -0.05) is 30.3 Å². The molecule has 130 valence electrons. The Balaban J connectivity index is 1.46. The van der Waals surface area contributed by atoms with Crippen LogP contribution in [0.15, 0.2) is 58.3 Å². The molecule has 1 aromatic carbocycles. The molecule has 2 aromatic heterocycles. The van der Waals surface area contributed by atoms with Gasteiger partial charge in [0, 0.05) is 44.3 Å². The van der Waals surface area contributed by atoms with Gasteiger partial charge in [-0.2, -0.15) is 4.31 Å². The Hall–Kier alpha value is -1.80. The minimum Gasteiger partial charge on any atom is -0.296 e. The standard InChI is InChI=1S/C18H19N3O2S2/c22-25(23,17-7-3-13-24-17)21-11-9-20(10-12-21)14-16-5-1-4-15-6-2-8-19-18(15)16/h1-8,13H,9-12,14H2. The van der Waals surface area contributed by atoms with Gasteiger partial charge >= 0.3 is 0 Å². The highest BCUT2D eigenvalue weighted by atomic mass is 32.2. The van der Waals surface area contributed by atoms with Crippen molar-refractivity contribution in [3.63, 3.8) is 0 Å². The molecule has 1 saturated heterocycles. The molecule has 4 rings (SSSR count). The van der Waals surface area contributed by atoms with E-state index >= 15 is 0 Å². The molecule has 1 aliphatic rings. The third-order valence-corrected chi connectivity index (χ3v) is 7.80. The van der Waals surface area contributed by atoms with E-state index < -0.39 is 10.0 Å². The van der Waals surface area contributed by atoms with Crippen molar-refractivity contribution in [2.24, 2.45) is 0 Å². The predicted octanol–water partition coefficient (Wildman–Crippen LogP) is 2.80. The van der Waals surface area contributed by atoms with Crippen molar-refractivity contribution in [1.29, 1.82) is 0 Å². The number of para-hydroxylation sites is 1. The molecule has 0 aliphatic carbocycles. The average Bonchev–Trinajstić information content (AvgIpc) is 3.18. The van der Waals surface area contributed by atoms with E-state index in [2.05, 4.69) is 34.1 Å². The number of benzene rings is 1. The summed E-state index contributed by atoms with van der Waals surface area (Å²) >= 11 is 1.28. The van der Waals surface area contributed by atoms with Crippen LogP contribution in [0.1, 0.15) is 5.56 Å². The number of hydrogen-bond donors (Lipinski definition) is 0. The van der Waals surface area contributed by atoms with Gasteiger partial charge in [-0.25, -0.2) is 8.42 Å². The molecular formula is C18H19N3O2S2. The maximum absolute atomic E-state index is 12.6. The maximum atomic E-state index is 12.6. The number of fused-ring (bicyclic) bond motifs is 1. The Labute approximate surface area is 151 Å². The summed E-state index contributed by atoms with van der Waals surface area (Å²) in [5, 5.41) is 2.94. The van der Waals surface area contributed by atoms with Crippen LogP contribution in [0.5, 0.6) is 0 Å². The van der Waals surface area contributed by atoms with Crippen LogP contribution in [-0.2, 0) is 16.6 Å². The molecule has 0 amide bonds. The van der Waals surface area contributed by atoms with Crippen LogP contribution in [0.2, 0.25) is 0 Å². The second-order valence-electron chi connectivity index (χ2n) is 6.10. The zero-order valence-corrected chi connectivity index (χ0v) is 15.3. The highest BCUT2D eigenvalue weighted by Gasteiger charge is 2.29. The molecular weight excluding hydrogens is 354 g/mol. The fraction of sp³-hybridized carbons (Fsp3) is 0.278. The summed E-state index contributed by atoms with van der Waals surface area (Å²) in [5.74, 6) is 0. The Morgan fingerprint density at radius 1 is 1.00 bits per heavy atom. The first-order chi connectivity index (χ1) is 12.1. The molecule has 7 heteroatoms. The van der Waals surface area contributed by atoms with Crippen LogP contribution in [0.3, 0.4) is 0 Å². The summed E-state index contributed by atoms with van der Waals surface area (Å²) in [6, 6.07) is 13.7. The fourth-order valence-electron chi connectivity index (χ4n) is 3.20. The minimum absolute atomic E-state index is 0.430. The molecule has 5 nitrogen and oxygen atoms in total. The quantitative estimate of drug-likeness (QED) is 0.706. The van der Waals surface area contributed by atoms with E-state index in [1.807, 2.05) is 12.3 Å². The lowest BCUT2D eigenvalue weighted by Crippen LogP contribution is -2.48. The molecule has 0 spiro atoms. The predicted molar refractivity (Wildman–Crippen MR) is 100 cm³/mol. The Kier molecular flexibility index (Phi) is 4.56. The van der Waals surface area contributed by atoms with E-state index in [1.165, 1.54) is 16.9 Å². The van der Waals surface area contributed by atoms with Gasteiger partial charge < -0.3 is 0 Å². The summed E-state index contributed by atoms with van der Waals surface area (Å²) in [4.78, 5) is 6.80. The summed E-state index contributed by atoms with van der Waals surface area (Å²) in [5.41, 5.74) is 2.21. The summed E-state index contributed by atoms with van der Waals surface area (Å²) in [6.07, 6.45) is 1.82. The smallest absolute Gasteiger partial charge is 0.252 e. The normalized spacial score (nSPS) is 17.1. The van der Waals surface area contributed by atoms with Gasteiger partial charge in [0.1, 0.15) is 4.21 Å². The highest BCUT2D eigenvalue weighted by Crippen LogP contribution is 2.23. The van der Waals surface area contributed by atoms with Gasteiger partial charge in [-0.15, -0.1) is 11.3 Å². The van der Waals surface area contributed by atoms with Crippen molar-refractivity contribution in [1.82, 2.24) is 14.2 Å². The van der Waals surface area contributed by atoms with Crippen LogP contribution in [0.25, 0.3) is 10.9 Å². The second kappa shape index (κ2) is 6.84. The molecule has 0 N–H and O–H groups in total. The number of pyridine rings is 1. The lowest BCUT2D eigenvalue weighted by Gasteiger charge is -2.33. The van der Waals surface area contributed by atoms with E-state index in [4.69, 9.17) is 0 Å². The van der Waals surface area contributed by atoms with Crippen LogP contribution in [0.4, 0.5) is 0 Å². The number of piperazine rings is 1. The Morgan fingerprint density at radius 2 is 1.80 bits per heavy atom. The first-order valence-corrected chi connectivity index (χ1v) is 10.6. The van der Waals surface area contributed by atoms with Gasteiger partial charge in [0.2, 0.25) is 0 Å². The van der Waals surface area contributed by atoms with Crippen LogP contribution < -0.4 is 0 Å². The van der Waals surface area contributed by atoms with Gasteiger partial charge in [-0.05, 0) is 23.1 Å². The van der Waals surface area contributed by atoms with E-state index in [-0.39, 0.29) is 0 Å². The maximum Gasteiger partial charge on any atom is 0.252 e. The third-order valence-electron chi connectivity index (χ3n) is 4.53. The molecule has 0 saturated carbocycles. The van der Waals surface area contributed by atoms with Crippen molar-refractivity contribution in [2.75, 3.05) is 26.2 Å². The summed E-state index contributed by atoms with van der Waals surface area (Å²) in [6.45, 7) is 3.31. The molecule has 0 radical (unpaired) electrons. The molecule has 3 aromatic rings.